The molecular weight excluding hydrogens is 521 g/mol. The van der Waals surface area contributed by atoms with Crippen LogP contribution in [-0.2, 0) is 22.7 Å². The minimum absolute atomic E-state index is 0.0257. The average Bonchev–Trinajstić information content (AvgIpc) is 2.82. The van der Waals surface area contributed by atoms with Crippen molar-refractivity contribution >= 4 is 39.1 Å². The topological polar surface area (TPSA) is 168 Å². The van der Waals surface area contributed by atoms with Crippen LogP contribution in [0.25, 0.3) is 0 Å². The Morgan fingerprint density at radius 1 is 0.973 bits per heavy atom. The Bertz CT molecular complexity index is 1480. The number of sulfonamides is 1. The fourth-order valence-electron chi connectivity index (χ4n) is 3.07. The summed E-state index contributed by atoms with van der Waals surface area (Å²) in [6.07, 6.45) is -4.83. The van der Waals surface area contributed by atoms with Crippen molar-refractivity contribution in [3.05, 3.63) is 93.5 Å². The van der Waals surface area contributed by atoms with Crippen molar-refractivity contribution in [1.29, 1.82) is 0 Å². The van der Waals surface area contributed by atoms with E-state index in [1.165, 1.54) is 42.5 Å². The lowest BCUT2D eigenvalue weighted by molar-refractivity contribution is -0.384. The first-order valence-electron chi connectivity index (χ1n) is 10.1. The normalized spacial score (nSPS) is 11.5. The molecular formula is C22H17F3N4O7S. The molecule has 0 aliphatic heterocycles. The highest BCUT2D eigenvalue weighted by Crippen LogP contribution is 2.35. The van der Waals surface area contributed by atoms with Crippen molar-refractivity contribution < 1.29 is 41.2 Å². The summed E-state index contributed by atoms with van der Waals surface area (Å²) in [5.41, 5.74) is -2.45. The Hall–Kier alpha value is -4.50. The van der Waals surface area contributed by atoms with E-state index >= 15 is 0 Å². The maximum Gasteiger partial charge on any atom is 0.416 e. The summed E-state index contributed by atoms with van der Waals surface area (Å²) in [5.74, 6) is -1.18. The van der Waals surface area contributed by atoms with Crippen LogP contribution in [0.2, 0.25) is 0 Å². The molecule has 0 aliphatic rings. The van der Waals surface area contributed by atoms with Gasteiger partial charge in [-0.1, -0.05) is 18.2 Å². The maximum atomic E-state index is 12.8. The molecule has 37 heavy (non-hydrogen) atoms. The number of carbonyl (C=O) groups is 2. The van der Waals surface area contributed by atoms with Crippen LogP contribution in [0.15, 0.2) is 71.6 Å². The van der Waals surface area contributed by atoms with Crippen molar-refractivity contribution in [2.75, 3.05) is 10.6 Å². The molecule has 0 bridgehead atoms. The Morgan fingerprint density at radius 3 is 2.32 bits per heavy atom. The standard InChI is InChI=1S/C22H17F3N4O7S/c23-22(24,25)15-7-8-18(19(10-15)29(33)34)28-21(32)27-16-5-2-6-17(11-16)37(35,36)26-12-13-3-1-4-14(9-13)20(30)31/h1-11,26H,12H2,(H,30,31)(H2,27,28,32). The van der Waals surface area contributed by atoms with Gasteiger partial charge in [0.05, 0.1) is 20.9 Å². The number of benzene rings is 3. The molecule has 2 amide bonds. The number of amides is 2. The second-order valence-electron chi connectivity index (χ2n) is 7.42. The molecule has 3 aromatic rings. The number of carboxylic acids is 1. The van der Waals surface area contributed by atoms with Gasteiger partial charge in [-0.05, 0) is 48.0 Å². The molecule has 0 aliphatic carbocycles. The van der Waals surface area contributed by atoms with Crippen LogP contribution in [0.4, 0.5) is 35.0 Å². The predicted molar refractivity (Wildman–Crippen MR) is 125 cm³/mol. The lowest BCUT2D eigenvalue weighted by Crippen LogP contribution is -2.24. The van der Waals surface area contributed by atoms with Crippen LogP contribution < -0.4 is 15.4 Å². The van der Waals surface area contributed by atoms with Crippen LogP contribution in [-0.4, -0.2) is 30.4 Å². The number of carbonyl (C=O) groups excluding carboxylic acids is 1. The fraction of sp³-hybridized carbons (Fsp3) is 0.0909. The van der Waals surface area contributed by atoms with Crippen molar-refractivity contribution in [3.8, 4) is 0 Å². The van der Waals surface area contributed by atoms with Crippen LogP contribution >= 0.6 is 0 Å². The minimum Gasteiger partial charge on any atom is -0.478 e. The number of carboxylic acid groups (broad SMARTS) is 1. The molecule has 194 valence electrons. The Labute approximate surface area is 207 Å². The molecule has 4 N–H and O–H groups in total. The van der Waals surface area contributed by atoms with Crippen LogP contribution in [0, 0.1) is 10.1 Å². The van der Waals surface area contributed by atoms with Crippen molar-refractivity contribution in [3.63, 3.8) is 0 Å². The predicted octanol–water partition coefficient (Wildman–Crippen LogP) is 4.43. The largest absolute Gasteiger partial charge is 0.478 e. The average molecular weight is 538 g/mol. The molecule has 0 unspecified atom stereocenters. The molecule has 0 saturated heterocycles. The van der Waals surface area contributed by atoms with Gasteiger partial charge in [0.15, 0.2) is 0 Å². The lowest BCUT2D eigenvalue weighted by Gasteiger charge is -2.12. The molecule has 15 heteroatoms. The minimum atomic E-state index is -4.83. The van der Waals surface area contributed by atoms with Gasteiger partial charge >= 0.3 is 18.2 Å². The number of urea groups is 1. The fourth-order valence-corrected chi connectivity index (χ4v) is 4.13. The summed E-state index contributed by atoms with van der Waals surface area (Å²) < 4.78 is 66.2. The van der Waals surface area contributed by atoms with Crippen LogP contribution in [0.5, 0.6) is 0 Å². The molecule has 3 rings (SSSR count). The molecule has 0 radical (unpaired) electrons. The van der Waals surface area contributed by atoms with Gasteiger partial charge in [0.1, 0.15) is 5.69 Å². The van der Waals surface area contributed by atoms with Gasteiger partial charge in [0.2, 0.25) is 10.0 Å². The maximum absolute atomic E-state index is 12.8. The zero-order valence-corrected chi connectivity index (χ0v) is 19.3. The van der Waals surface area contributed by atoms with Gasteiger partial charge in [0, 0.05) is 18.3 Å². The van der Waals surface area contributed by atoms with Gasteiger partial charge in [-0.15, -0.1) is 0 Å². The van der Waals surface area contributed by atoms with E-state index in [0.29, 0.717) is 11.6 Å². The number of nitro benzene ring substituents is 1. The number of aromatic carboxylic acids is 1. The van der Waals surface area contributed by atoms with Crippen molar-refractivity contribution in [1.82, 2.24) is 4.72 Å². The smallest absolute Gasteiger partial charge is 0.416 e. The third kappa shape index (κ3) is 7.02. The summed E-state index contributed by atoms with van der Waals surface area (Å²) in [7, 11) is -4.11. The molecule has 0 spiro atoms. The SMILES string of the molecule is O=C(Nc1cccc(S(=O)(=O)NCc2cccc(C(=O)O)c2)c1)Nc1ccc(C(F)(F)F)cc1[N+](=O)[O-]. The summed E-state index contributed by atoms with van der Waals surface area (Å²) in [6.45, 7) is -0.223. The molecule has 3 aromatic carbocycles. The summed E-state index contributed by atoms with van der Waals surface area (Å²) in [6, 6.07) is 11.0. The van der Waals surface area contributed by atoms with E-state index in [4.69, 9.17) is 5.11 Å². The summed E-state index contributed by atoms with van der Waals surface area (Å²) in [4.78, 5) is 33.2. The van der Waals surface area contributed by atoms with Gasteiger partial charge in [-0.25, -0.2) is 22.7 Å². The molecule has 0 heterocycles. The van der Waals surface area contributed by atoms with Crippen LogP contribution in [0.1, 0.15) is 21.5 Å². The Balaban J connectivity index is 1.72. The second-order valence-corrected chi connectivity index (χ2v) is 9.19. The number of rotatable bonds is 8. The highest BCUT2D eigenvalue weighted by Gasteiger charge is 2.33. The lowest BCUT2D eigenvalue weighted by atomic mass is 10.1. The molecule has 0 atom stereocenters. The van der Waals surface area contributed by atoms with E-state index in [1.807, 2.05) is 0 Å². The Morgan fingerprint density at radius 2 is 1.68 bits per heavy atom. The molecule has 0 fully saturated rings. The first-order chi connectivity index (χ1) is 17.3. The van der Waals surface area contributed by atoms with E-state index in [0.717, 1.165) is 12.1 Å². The van der Waals surface area contributed by atoms with Crippen LogP contribution in [0.3, 0.4) is 0 Å². The second kappa shape index (κ2) is 10.6. The highest BCUT2D eigenvalue weighted by atomic mass is 32.2. The molecule has 11 nitrogen and oxygen atoms in total. The Kier molecular flexibility index (Phi) is 7.78. The zero-order valence-electron chi connectivity index (χ0n) is 18.4. The number of anilines is 2. The van der Waals surface area contributed by atoms with E-state index in [9.17, 15) is 41.3 Å². The number of hydrogen-bond acceptors (Lipinski definition) is 6. The number of alkyl halides is 3. The number of nitro groups is 1. The summed E-state index contributed by atoms with van der Waals surface area (Å²) in [5, 5.41) is 24.5. The summed E-state index contributed by atoms with van der Waals surface area (Å²) >= 11 is 0. The van der Waals surface area contributed by atoms with Crippen molar-refractivity contribution in [2.45, 2.75) is 17.6 Å². The van der Waals surface area contributed by atoms with E-state index < -0.39 is 50.1 Å². The number of hydrogen-bond donors (Lipinski definition) is 4. The third-order valence-electron chi connectivity index (χ3n) is 4.81. The van der Waals surface area contributed by atoms with E-state index in [-0.39, 0.29) is 28.8 Å². The number of halogens is 3. The monoisotopic (exact) mass is 538 g/mol. The van der Waals surface area contributed by atoms with Crippen molar-refractivity contribution in [2.24, 2.45) is 0 Å². The first kappa shape index (κ1) is 27.1. The zero-order chi connectivity index (χ0) is 27.4. The quantitative estimate of drug-likeness (QED) is 0.243. The van der Waals surface area contributed by atoms with Gasteiger partial charge in [0.25, 0.3) is 5.69 Å². The molecule has 0 aromatic heterocycles. The van der Waals surface area contributed by atoms with E-state index in [2.05, 4.69) is 15.4 Å². The number of nitrogens with zero attached hydrogens (tertiary/aromatic N) is 1. The third-order valence-corrected chi connectivity index (χ3v) is 6.21. The first-order valence-corrected chi connectivity index (χ1v) is 11.6. The number of nitrogens with one attached hydrogen (secondary N) is 3. The van der Waals surface area contributed by atoms with Gasteiger partial charge in [-0.2, -0.15) is 13.2 Å². The molecule has 0 saturated carbocycles. The highest BCUT2D eigenvalue weighted by molar-refractivity contribution is 7.89. The van der Waals surface area contributed by atoms with Gasteiger partial charge in [-0.3, -0.25) is 10.1 Å². The van der Waals surface area contributed by atoms with E-state index in [1.54, 1.807) is 0 Å². The van der Waals surface area contributed by atoms with Gasteiger partial charge < -0.3 is 15.7 Å².